The van der Waals surface area contributed by atoms with Gasteiger partial charge in [-0.15, -0.1) is 0 Å². The molecule has 0 unspecified atom stereocenters. The van der Waals surface area contributed by atoms with Crippen LogP contribution in [0.5, 0.6) is 5.75 Å². The maximum atomic E-state index is 12.6. The molecule has 0 saturated carbocycles. The van der Waals surface area contributed by atoms with E-state index in [-0.39, 0.29) is 23.1 Å². The van der Waals surface area contributed by atoms with E-state index < -0.39 is 22.1 Å². The Morgan fingerprint density at radius 2 is 1.77 bits per heavy atom. The van der Waals surface area contributed by atoms with Gasteiger partial charge in [0.2, 0.25) is 10.0 Å². The topological polar surface area (TPSA) is 102 Å². The second kappa shape index (κ2) is 10.5. The van der Waals surface area contributed by atoms with Gasteiger partial charge in [0.1, 0.15) is 5.75 Å². The largest absolute Gasteiger partial charge is 0.481 e. The summed E-state index contributed by atoms with van der Waals surface area (Å²) in [4.78, 5) is 24.5. The molecule has 168 valence electrons. The highest BCUT2D eigenvalue weighted by Gasteiger charge is 2.20. The van der Waals surface area contributed by atoms with Crippen molar-refractivity contribution in [2.75, 3.05) is 29.5 Å². The number of hydrogen-bond donors (Lipinski definition) is 1. The first-order valence-electron chi connectivity index (χ1n) is 9.55. The normalized spacial score (nSPS) is 12.0. The first kappa shape index (κ1) is 24.5. The molecule has 0 fully saturated rings. The highest BCUT2D eigenvalue weighted by atomic mass is 35.5. The van der Waals surface area contributed by atoms with Crippen molar-refractivity contribution in [3.8, 4) is 5.75 Å². The van der Waals surface area contributed by atoms with Crippen LogP contribution < -0.4 is 14.4 Å². The Balaban J connectivity index is 2.07. The van der Waals surface area contributed by atoms with E-state index in [1.807, 2.05) is 0 Å². The molecule has 2 aromatic carbocycles. The number of nitrogens with one attached hydrogen (secondary N) is 1. The summed E-state index contributed by atoms with van der Waals surface area (Å²) in [5, 5.41) is 2.88. The molecular formula is C21H25ClN2O6S. The van der Waals surface area contributed by atoms with Gasteiger partial charge in [-0.25, -0.2) is 13.2 Å². The number of carbonyl (C=O) groups is 2. The van der Waals surface area contributed by atoms with E-state index in [0.717, 1.165) is 10.6 Å². The fraction of sp³-hybridized carbons (Fsp3) is 0.333. The predicted molar refractivity (Wildman–Crippen MR) is 120 cm³/mol. The Hall–Kier alpha value is -2.78. The molecule has 0 aromatic heterocycles. The molecule has 0 aliphatic carbocycles. The number of carbonyl (C=O) groups excluding carboxylic acids is 2. The third kappa shape index (κ3) is 6.60. The van der Waals surface area contributed by atoms with Gasteiger partial charge in [-0.2, -0.15) is 0 Å². The van der Waals surface area contributed by atoms with Gasteiger partial charge in [-0.1, -0.05) is 18.5 Å². The van der Waals surface area contributed by atoms with Gasteiger partial charge in [0.15, 0.2) is 6.10 Å². The molecule has 0 aliphatic rings. The minimum Gasteiger partial charge on any atom is -0.481 e. The van der Waals surface area contributed by atoms with Crippen molar-refractivity contribution in [2.45, 2.75) is 26.4 Å². The molecule has 0 heterocycles. The first-order chi connectivity index (χ1) is 14.6. The quantitative estimate of drug-likeness (QED) is 0.563. The Bertz CT molecular complexity index is 1040. The average Bonchev–Trinajstić information content (AvgIpc) is 2.71. The van der Waals surface area contributed by atoms with Gasteiger partial charge in [-0.3, -0.25) is 9.10 Å². The van der Waals surface area contributed by atoms with Crippen molar-refractivity contribution in [1.82, 2.24) is 0 Å². The van der Waals surface area contributed by atoms with Crippen molar-refractivity contribution >= 4 is 44.9 Å². The number of amides is 1. The molecule has 8 nitrogen and oxygen atoms in total. The SMILES string of the molecule is CCOC(=O)c1ccc(NC(=O)[C@H](CC)Oc2ccc(N(C)S(C)(=O)=O)cc2)cc1Cl. The summed E-state index contributed by atoms with van der Waals surface area (Å²) in [6, 6.07) is 10.9. The van der Waals surface area contributed by atoms with Crippen LogP contribution in [0.15, 0.2) is 42.5 Å². The molecule has 2 aromatic rings. The minimum absolute atomic E-state index is 0.163. The predicted octanol–water partition coefficient (Wildman–Crippen LogP) is 3.71. The van der Waals surface area contributed by atoms with Crippen LogP contribution in [0.25, 0.3) is 0 Å². The zero-order valence-corrected chi connectivity index (χ0v) is 19.3. The zero-order valence-electron chi connectivity index (χ0n) is 17.7. The molecule has 1 N–H and O–H groups in total. The van der Waals surface area contributed by atoms with E-state index >= 15 is 0 Å². The van der Waals surface area contributed by atoms with Crippen LogP contribution in [0.2, 0.25) is 5.02 Å². The average molecular weight is 469 g/mol. The maximum absolute atomic E-state index is 12.6. The third-order valence-electron chi connectivity index (χ3n) is 4.37. The summed E-state index contributed by atoms with van der Waals surface area (Å²) in [7, 11) is -1.92. The fourth-order valence-corrected chi connectivity index (χ4v) is 3.36. The number of nitrogens with zero attached hydrogens (tertiary/aromatic N) is 1. The monoisotopic (exact) mass is 468 g/mol. The van der Waals surface area contributed by atoms with Crippen LogP contribution in [-0.4, -0.2) is 46.3 Å². The van der Waals surface area contributed by atoms with Gasteiger partial charge >= 0.3 is 5.97 Å². The second-order valence-corrected chi connectivity index (χ2v) is 9.06. The van der Waals surface area contributed by atoms with Crippen molar-refractivity contribution < 1.29 is 27.5 Å². The van der Waals surface area contributed by atoms with E-state index in [0.29, 0.717) is 23.5 Å². The molecule has 0 spiro atoms. The summed E-state index contributed by atoms with van der Waals surface area (Å²) in [5.41, 5.74) is 1.10. The van der Waals surface area contributed by atoms with Crippen molar-refractivity contribution in [2.24, 2.45) is 0 Å². The summed E-state index contributed by atoms with van der Waals surface area (Å²) < 4.78 is 35.1. The fourth-order valence-electron chi connectivity index (χ4n) is 2.60. The van der Waals surface area contributed by atoms with Crippen LogP contribution in [0.1, 0.15) is 30.6 Å². The molecule has 0 radical (unpaired) electrons. The summed E-state index contributed by atoms with van der Waals surface area (Å²) in [6.45, 7) is 3.73. The lowest BCUT2D eigenvalue weighted by atomic mass is 10.2. The number of sulfonamides is 1. The molecule has 0 saturated heterocycles. The van der Waals surface area contributed by atoms with E-state index in [9.17, 15) is 18.0 Å². The highest BCUT2D eigenvalue weighted by Crippen LogP contribution is 2.24. The third-order valence-corrected chi connectivity index (χ3v) is 5.89. The smallest absolute Gasteiger partial charge is 0.339 e. The number of hydrogen-bond acceptors (Lipinski definition) is 6. The van der Waals surface area contributed by atoms with E-state index in [1.165, 1.54) is 19.2 Å². The minimum atomic E-state index is -3.37. The Morgan fingerprint density at radius 1 is 1.13 bits per heavy atom. The molecule has 0 bridgehead atoms. The van der Waals surface area contributed by atoms with Crippen LogP contribution in [0, 0.1) is 0 Å². The molecule has 31 heavy (non-hydrogen) atoms. The van der Waals surface area contributed by atoms with E-state index in [1.54, 1.807) is 44.2 Å². The number of rotatable bonds is 9. The molecule has 1 atom stereocenters. The molecule has 0 aliphatic heterocycles. The van der Waals surface area contributed by atoms with Crippen molar-refractivity contribution in [3.63, 3.8) is 0 Å². The highest BCUT2D eigenvalue weighted by molar-refractivity contribution is 7.92. The lowest BCUT2D eigenvalue weighted by molar-refractivity contribution is -0.122. The maximum Gasteiger partial charge on any atom is 0.339 e. The Kier molecular flexibility index (Phi) is 8.29. The second-order valence-electron chi connectivity index (χ2n) is 6.64. The number of esters is 1. The standard InChI is InChI=1S/C21H25ClN2O6S/c1-5-19(30-16-10-8-15(9-11-16)24(3)31(4,27)28)20(25)23-14-7-12-17(18(22)13-14)21(26)29-6-2/h7-13,19H,5-6H2,1-4H3,(H,23,25)/t19-/m0/s1. The molecule has 10 heteroatoms. The van der Waals surface area contributed by atoms with E-state index in [2.05, 4.69) is 5.32 Å². The molecule has 2 rings (SSSR count). The van der Waals surface area contributed by atoms with Crippen LogP contribution in [-0.2, 0) is 19.6 Å². The van der Waals surface area contributed by atoms with Crippen LogP contribution >= 0.6 is 11.6 Å². The molecule has 1 amide bonds. The van der Waals surface area contributed by atoms with Crippen molar-refractivity contribution in [3.05, 3.63) is 53.1 Å². The summed E-state index contributed by atoms with van der Waals surface area (Å²) >= 11 is 6.13. The van der Waals surface area contributed by atoms with Gasteiger partial charge < -0.3 is 14.8 Å². The first-order valence-corrected chi connectivity index (χ1v) is 11.8. The number of ether oxygens (including phenoxy) is 2. The zero-order chi connectivity index (χ0) is 23.2. The Morgan fingerprint density at radius 3 is 2.29 bits per heavy atom. The Labute approximate surface area is 187 Å². The van der Waals surface area contributed by atoms with Gasteiger partial charge in [-0.05, 0) is 55.8 Å². The van der Waals surface area contributed by atoms with E-state index in [4.69, 9.17) is 21.1 Å². The van der Waals surface area contributed by atoms with Gasteiger partial charge in [0.25, 0.3) is 5.91 Å². The van der Waals surface area contributed by atoms with Crippen LogP contribution in [0.3, 0.4) is 0 Å². The lowest BCUT2D eigenvalue weighted by Gasteiger charge is -2.19. The number of benzene rings is 2. The summed E-state index contributed by atoms with van der Waals surface area (Å²) in [6.07, 6.45) is 0.716. The van der Waals surface area contributed by atoms with Crippen molar-refractivity contribution in [1.29, 1.82) is 0 Å². The number of anilines is 2. The van der Waals surface area contributed by atoms with Crippen LogP contribution in [0.4, 0.5) is 11.4 Å². The number of halogens is 1. The molecular weight excluding hydrogens is 444 g/mol. The summed E-state index contributed by atoms with van der Waals surface area (Å²) in [5.74, 6) is -0.506. The lowest BCUT2D eigenvalue weighted by Crippen LogP contribution is -2.32. The van der Waals surface area contributed by atoms with Gasteiger partial charge in [0, 0.05) is 12.7 Å². The van der Waals surface area contributed by atoms with Gasteiger partial charge in [0.05, 0.1) is 29.1 Å².